The van der Waals surface area contributed by atoms with Crippen LogP contribution in [-0.4, -0.2) is 35.1 Å². The van der Waals surface area contributed by atoms with Gasteiger partial charge in [-0.1, -0.05) is 6.08 Å². The van der Waals surface area contributed by atoms with Crippen LogP contribution >= 0.6 is 0 Å². The minimum absolute atomic E-state index is 0.0474. The molecule has 1 aromatic rings. The molecule has 1 aromatic carbocycles. The van der Waals surface area contributed by atoms with Crippen molar-refractivity contribution < 1.29 is 23.9 Å². The van der Waals surface area contributed by atoms with Gasteiger partial charge >= 0.3 is 7.12 Å². The molecule has 0 aromatic heterocycles. The van der Waals surface area contributed by atoms with Gasteiger partial charge in [-0.15, -0.1) is 0 Å². The molecular formula is C15H20BFO4. The molecule has 1 saturated heterocycles. The van der Waals surface area contributed by atoms with Crippen LogP contribution in [0, 0.1) is 5.82 Å². The topological polar surface area (TPSA) is 58.9 Å². The lowest BCUT2D eigenvalue weighted by atomic mass is 9.77. The molecule has 1 heterocycles. The van der Waals surface area contributed by atoms with Gasteiger partial charge in [-0.05, 0) is 51.4 Å². The van der Waals surface area contributed by atoms with Gasteiger partial charge < -0.3 is 19.5 Å². The van der Waals surface area contributed by atoms with Crippen LogP contribution in [0.5, 0.6) is 5.75 Å². The SMILES string of the molecule is CC1(C)OB(C(=Cc2cc(O)ccc2F)CO)OC1(C)C. The zero-order chi connectivity index (χ0) is 15.8. The maximum absolute atomic E-state index is 13.7. The highest BCUT2D eigenvalue weighted by Crippen LogP contribution is 2.38. The number of phenolic OH excluding ortho intramolecular Hbond substituents is 1. The molecule has 1 aliphatic heterocycles. The average Bonchev–Trinajstić information content (AvgIpc) is 2.59. The lowest BCUT2D eigenvalue weighted by molar-refractivity contribution is 0.00578. The van der Waals surface area contributed by atoms with Crippen LogP contribution in [-0.2, 0) is 9.31 Å². The van der Waals surface area contributed by atoms with E-state index < -0.39 is 24.1 Å². The number of rotatable bonds is 3. The molecule has 1 aliphatic rings. The van der Waals surface area contributed by atoms with Gasteiger partial charge in [0, 0.05) is 5.56 Å². The molecular weight excluding hydrogens is 274 g/mol. The van der Waals surface area contributed by atoms with Gasteiger partial charge in [0.1, 0.15) is 11.6 Å². The Kier molecular flexibility index (Phi) is 4.15. The van der Waals surface area contributed by atoms with Gasteiger partial charge in [-0.2, -0.15) is 0 Å². The summed E-state index contributed by atoms with van der Waals surface area (Å²) in [4.78, 5) is 0. The molecule has 0 aliphatic carbocycles. The number of aliphatic hydroxyl groups is 1. The van der Waals surface area contributed by atoms with E-state index in [2.05, 4.69) is 0 Å². The van der Waals surface area contributed by atoms with Crippen LogP contribution in [0.25, 0.3) is 6.08 Å². The van der Waals surface area contributed by atoms with Crippen LogP contribution in [0.3, 0.4) is 0 Å². The molecule has 1 fully saturated rings. The van der Waals surface area contributed by atoms with Crippen molar-refractivity contribution in [3.05, 3.63) is 35.1 Å². The summed E-state index contributed by atoms with van der Waals surface area (Å²) < 4.78 is 25.4. The maximum Gasteiger partial charge on any atom is 0.492 e. The van der Waals surface area contributed by atoms with Gasteiger partial charge in [0.05, 0.1) is 17.8 Å². The molecule has 0 amide bonds. The third-order valence-corrected chi connectivity index (χ3v) is 4.06. The minimum atomic E-state index is -0.748. The molecule has 0 saturated carbocycles. The number of benzene rings is 1. The highest BCUT2D eigenvalue weighted by Gasteiger charge is 2.52. The Bertz CT molecular complexity index is 553. The quantitative estimate of drug-likeness (QED) is 0.841. The number of phenols is 1. The Balaban J connectivity index is 2.33. The first-order valence-corrected chi connectivity index (χ1v) is 6.82. The smallest absolute Gasteiger partial charge is 0.492 e. The van der Waals surface area contributed by atoms with Crippen LogP contribution in [0.2, 0.25) is 0 Å². The molecule has 21 heavy (non-hydrogen) atoms. The van der Waals surface area contributed by atoms with Crippen molar-refractivity contribution in [2.45, 2.75) is 38.9 Å². The van der Waals surface area contributed by atoms with E-state index in [4.69, 9.17) is 9.31 Å². The van der Waals surface area contributed by atoms with Gasteiger partial charge in [-0.3, -0.25) is 0 Å². The van der Waals surface area contributed by atoms with Gasteiger partial charge in [0.25, 0.3) is 0 Å². The largest absolute Gasteiger partial charge is 0.508 e. The Morgan fingerprint density at radius 3 is 2.33 bits per heavy atom. The molecule has 0 unspecified atom stereocenters. The number of aliphatic hydroxyl groups excluding tert-OH is 1. The highest BCUT2D eigenvalue weighted by molar-refractivity contribution is 6.55. The summed E-state index contributed by atoms with van der Waals surface area (Å²) in [6, 6.07) is 3.72. The highest BCUT2D eigenvalue weighted by atomic mass is 19.1. The lowest BCUT2D eigenvalue weighted by Gasteiger charge is -2.32. The molecule has 6 heteroatoms. The zero-order valence-electron chi connectivity index (χ0n) is 12.7. The van der Waals surface area contributed by atoms with Crippen LogP contribution in [0.1, 0.15) is 33.3 Å². The van der Waals surface area contributed by atoms with E-state index in [1.807, 2.05) is 27.7 Å². The van der Waals surface area contributed by atoms with E-state index in [9.17, 15) is 14.6 Å². The third-order valence-electron chi connectivity index (χ3n) is 4.06. The van der Waals surface area contributed by atoms with E-state index in [-0.39, 0.29) is 17.9 Å². The van der Waals surface area contributed by atoms with E-state index >= 15 is 0 Å². The predicted molar refractivity (Wildman–Crippen MR) is 79.2 cm³/mol. The Labute approximate surface area is 124 Å². The van der Waals surface area contributed by atoms with E-state index in [0.717, 1.165) is 0 Å². The Morgan fingerprint density at radius 2 is 1.81 bits per heavy atom. The number of hydrogen-bond acceptors (Lipinski definition) is 4. The Hall–Kier alpha value is -1.37. The number of aromatic hydroxyl groups is 1. The zero-order valence-corrected chi connectivity index (χ0v) is 12.7. The summed E-state index contributed by atoms with van der Waals surface area (Å²) in [5.41, 5.74) is -0.501. The molecule has 114 valence electrons. The van der Waals surface area contributed by atoms with E-state index in [1.54, 1.807) is 0 Å². The van der Waals surface area contributed by atoms with Gasteiger partial charge in [0.2, 0.25) is 0 Å². The minimum Gasteiger partial charge on any atom is -0.508 e. The summed E-state index contributed by atoms with van der Waals surface area (Å²) in [6.45, 7) is 7.27. The summed E-state index contributed by atoms with van der Waals surface area (Å²) in [7, 11) is -0.748. The normalized spacial score (nSPS) is 20.9. The lowest BCUT2D eigenvalue weighted by Crippen LogP contribution is -2.41. The molecule has 0 atom stereocenters. The van der Waals surface area contributed by atoms with Crippen molar-refractivity contribution in [2.24, 2.45) is 0 Å². The molecule has 2 rings (SSSR count). The van der Waals surface area contributed by atoms with E-state index in [0.29, 0.717) is 5.47 Å². The summed E-state index contributed by atoms with van der Waals surface area (Å²) >= 11 is 0. The van der Waals surface area contributed by atoms with Crippen LogP contribution in [0.4, 0.5) is 4.39 Å². The van der Waals surface area contributed by atoms with Crippen molar-refractivity contribution >= 4 is 13.2 Å². The molecule has 0 radical (unpaired) electrons. The third kappa shape index (κ3) is 3.12. The number of hydrogen-bond donors (Lipinski definition) is 2. The molecule has 0 bridgehead atoms. The fraction of sp³-hybridized carbons (Fsp3) is 0.467. The first kappa shape index (κ1) is 16.0. The molecule has 2 N–H and O–H groups in total. The fourth-order valence-corrected chi connectivity index (χ4v) is 2.02. The number of halogens is 1. The molecule has 0 spiro atoms. The monoisotopic (exact) mass is 294 g/mol. The van der Waals surface area contributed by atoms with Crippen molar-refractivity contribution in [1.82, 2.24) is 0 Å². The van der Waals surface area contributed by atoms with Crippen molar-refractivity contribution in [3.8, 4) is 5.75 Å². The first-order chi connectivity index (χ1) is 9.66. The first-order valence-electron chi connectivity index (χ1n) is 6.82. The van der Waals surface area contributed by atoms with Crippen molar-refractivity contribution in [3.63, 3.8) is 0 Å². The second kappa shape index (κ2) is 5.44. The van der Waals surface area contributed by atoms with Crippen LogP contribution in [0.15, 0.2) is 23.7 Å². The summed E-state index contributed by atoms with van der Waals surface area (Å²) in [5, 5.41) is 19.0. The standard InChI is InChI=1S/C15H20BFO4/c1-14(2)15(3,4)21-16(20-14)11(9-18)7-10-8-12(19)5-6-13(10)17/h5-8,18-19H,9H2,1-4H3. The summed E-state index contributed by atoms with van der Waals surface area (Å²) in [6.07, 6.45) is 1.44. The maximum atomic E-state index is 13.7. The van der Waals surface area contributed by atoms with Crippen molar-refractivity contribution in [1.29, 1.82) is 0 Å². The predicted octanol–water partition coefficient (Wildman–Crippen LogP) is 2.54. The Morgan fingerprint density at radius 1 is 1.24 bits per heavy atom. The van der Waals surface area contributed by atoms with Gasteiger partial charge in [-0.25, -0.2) is 4.39 Å². The average molecular weight is 294 g/mol. The van der Waals surface area contributed by atoms with E-state index in [1.165, 1.54) is 24.3 Å². The molecule has 4 nitrogen and oxygen atoms in total. The summed E-state index contributed by atoms with van der Waals surface area (Å²) in [5.74, 6) is -0.538. The fourth-order valence-electron chi connectivity index (χ4n) is 2.02. The second-order valence-electron chi connectivity index (χ2n) is 6.17. The van der Waals surface area contributed by atoms with Gasteiger partial charge in [0.15, 0.2) is 0 Å². The van der Waals surface area contributed by atoms with Crippen molar-refractivity contribution in [2.75, 3.05) is 6.61 Å². The second-order valence-corrected chi connectivity index (χ2v) is 6.17. The van der Waals surface area contributed by atoms with Crippen LogP contribution < -0.4 is 0 Å².